The van der Waals surface area contributed by atoms with Gasteiger partial charge in [0, 0.05) is 40.2 Å². The molecule has 6 nitrogen and oxygen atoms in total. The number of pyridine rings is 2. The molecule has 0 unspecified atom stereocenters. The van der Waals surface area contributed by atoms with E-state index in [2.05, 4.69) is 32.5 Å². The molecule has 4 aromatic rings. The van der Waals surface area contributed by atoms with Gasteiger partial charge in [0.05, 0.1) is 20.8 Å². The second-order valence-corrected chi connectivity index (χ2v) is 11.8. The number of hydrogen-bond acceptors (Lipinski definition) is 6. The Labute approximate surface area is 189 Å². The van der Waals surface area contributed by atoms with E-state index in [9.17, 15) is 16.8 Å². The molecule has 2 aromatic heterocycles. The van der Waals surface area contributed by atoms with Crippen LogP contribution in [0.15, 0.2) is 81.8 Å². The average molecular weight is 519 g/mol. The van der Waals surface area contributed by atoms with E-state index >= 15 is 0 Å². The van der Waals surface area contributed by atoms with Gasteiger partial charge in [-0.15, -0.1) is 0 Å². The van der Waals surface area contributed by atoms with Gasteiger partial charge in [0.25, 0.3) is 0 Å². The predicted octanol–water partition coefficient (Wildman–Crippen LogP) is 4.68. The minimum absolute atomic E-state index is 0.308. The fourth-order valence-corrected chi connectivity index (χ4v) is 4.44. The summed E-state index contributed by atoms with van der Waals surface area (Å²) in [5.74, 6) is 0. The normalized spacial score (nSPS) is 11.7. The summed E-state index contributed by atoms with van der Waals surface area (Å²) in [6.45, 7) is 3.65. The molecule has 4 rings (SSSR count). The Balaban J connectivity index is 0.000000176. The molecule has 2 aromatic carbocycles. The molecule has 0 aliphatic carbocycles. The fourth-order valence-electron chi connectivity index (χ4n) is 2.78. The van der Waals surface area contributed by atoms with Crippen molar-refractivity contribution >= 4 is 63.5 Å². The maximum atomic E-state index is 11.4. The van der Waals surface area contributed by atoms with Crippen molar-refractivity contribution in [1.82, 2.24) is 9.97 Å². The van der Waals surface area contributed by atoms with E-state index in [1.807, 2.05) is 12.1 Å². The van der Waals surface area contributed by atoms with Crippen LogP contribution in [0.1, 0.15) is 5.56 Å². The molecule has 0 aliphatic heterocycles. The molecule has 0 radical (unpaired) electrons. The fraction of sp³-hybridized carbons (Fsp3) is 0.0909. The highest BCUT2D eigenvalue weighted by molar-refractivity contribution is 9.10. The molecule has 0 N–H and O–H groups in total. The SMILES string of the molecule is C=Cc1cnc2ccc(S(C)(=O)=O)cc2c1.CS(=O)(=O)c1ccc2ncc(Br)cc2c1. The van der Waals surface area contributed by atoms with Gasteiger partial charge in [-0.1, -0.05) is 12.7 Å². The van der Waals surface area contributed by atoms with Gasteiger partial charge in [-0.2, -0.15) is 0 Å². The number of sulfone groups is 2. The molecule has 2 heterocycles. The second kappa shape index (κ2) is 8.86. The molecule has 9 heteroatoms. The number of nitrogens with zero attached hydrogens (tertiary/aromatic N) is 2. The zero-order chi connectivity index (χ0) is 22.8. The first-order valence-electron chi connectivity index (χ1n) is 8.95. The van der Waals surface area contributed by atoms with Gasteiger partial charge in [0.15, 0.2) is 19.7 Å². The van der Waals surface area contributed by atoms with Crippen LogP contribution in [0.4, 0.5) is 0 Å². The Morgan fingerprint density at radius 2 is 1.26 bits per heavy atom. The minimum Gasteiger partial charge on any atom is -0.256 e. The maximum absolute atomic E-state index is 11.4. The quantitative estimate of drug-likeness (QED) is 0.390. The number of hydrogen-bond donors (Lipinski definition) is 0. The highest BCUT2D eigenvalue weighted by atomic mass is 79.9. The summed E-state index contributed by atoms with van der Waals surface area (Å²) in [7, 11) is -6.32. The van der Waals surface area contributed by atoms with Gasteiger partial charge < -0.3 is 0 Å². The molecule has 0 spiro atoms. The van der Waals surface area contributed by atoms with E-state index in [0.29, 0.717) is 9.79 Å². The first-order valence-corrected chi connectivity index (χ1v) is 13.5. The smallest absolute Gasteiger partial charge is 0.175 e. The van der Waals surface area contributed by atoms with Gasteiger partial charge in [-0.05, 0) is 70.0 Å². The van der Waals surface area contributed by atoms with Gasteiger partial charge in [-0.25, -0.2) is 16.8 Å². The molecule has 0 bridgehead atoms. The van der Waals surface area contributed by atoms with Crippen LogP contribution in [-0.4, -0.2) is 39.3 Å². The highest BCUT2D eigenvalue weighted by Crippen LogP contribution is 2.21. The largest absolute Gasteiger partial charge is 0.256 e. The molecular weight excluding hydrogens is 500 g/mol. The van der Waals surface area contributed by atoms with Crippen LogP contribution in [0.5, 0.6) is 0 Å². The van der Waals surface area contributed by atoms with Crippen molar-refractivity contribution in [2.75, 3.05) is 12.5 Å². The Bertz CT molecular complexity index is 1520. The third kappa shape index (κ3) is 5.75. The highest BCUT2D eigenvalue weighted by Gasteiger charge is 2.08. The lowest BCUT2D eigenvalue weighted by Crippen LogP contribution is -1.96. The minimum atomic E-state index is -3.17. The number of benzene rings is 2. The summed E-state index contributed by atoms with van der Waals surface area (Å²) in [6.07, 6.45) is 7.45. The van der Waals surface area contributed by atoms with E-state index in [0.717, 1.165) is 31.8 Å². The predicted molar refractivity (Wildman–Crippen MR) is 127 cm³/mol. The summed E-state index contributed by atoms with van der Waals surface area (Å²) in [5.41, 5.74) is 2.43. The van der Waals surface area contributed by atoms with Crippen LogP contribution in [-0.2, 0) is 19.7 Å². The van der Waals surface area contributed by atoms with Crippen LogP contribution in [0.2, 0.25) is 0 Å². The molecule has 0 saturated carbocycles. The van der Waals surface area contributed by atoms with E-state index in [4.69, 9.17) is 0 Å². The summed E-state index contributed by atoms with van der Waals surface area (Å²) in [5, 5.41) is 1.62. The van der Waals surface area contributed by atoms with E-state index in [1.54, 1.807) is 54.9 Å². The molecule has 0 fully saturated rings. The lowest BCUT2D eigenvalue weighted by Gasteiger charge is -2.02. The first-order chi connectivity index (χ1) is 14.5. The summed E-state index contributed by atoms with van der Waals surface area (Å²) < 4.78 is 46.3. The molecule has 31 heavy (non-hydrogen) atoms. The lowest BCUT2D eigenvalue weighted by molar-refractivity contribution is 0.600. The van der Waals surface area contributed by atoms with Crippen LogP contribution >= 0.6 is 15.9 Å². The summed E-state index contributed by atoms with van der Waals surface area (Å²) in [6, 6.07) is 13.5. The van der Waals surface area contributed by atoms with Crippen molar-refractivity contribution in [1.29, 1.82) is 0 Å². The van der Waals surface area contributed by atoms with Crippen molar-refractivity contribution in [3.63, 3.8) is 0 Å². The van der Waals surface area contributed by atoms with Gasteiger partial charge in [-0.3, -0.25) is 9.97 Å². The Morgan fingerprint density at radius 3 is 1.74 bits per heavy atom. The third-order valence-electron chi connectivity index (χ3n) is 4.39. The van der Waals surface area contributed by atoms with Gasteiger partial charge in [0.1, 0.15) is 0 Å². The zero-order valence-electron chi connectivity index (χ0n) is 16.8. The van der Waals surface area contributed by atoms with Gasteiger partial charge in [0.2, 0.25) is 0 Å². The monoisotopic (exact) mass is 518 g/mol. The molecule has 0 amide bonds. The Kier molecular flexibility index (Phi) is 6.59. The van der Waals surface area contributed by atoms with Crippen molar-refractivity contribution in [2.24, 2.45) is 0 Å². The number of fused-ring (bicyclic) bond motifs is 2. The molecule has 160 valence electrons. The van der Waals surface area contributed by atoms with Crippen molar-refractivity contribution in [3.8, 4) is 0 Å². The van der Waals surface area contributed by atoms with Gasteiger partial charge >= 0.3 is 0 Å². The zero-order valence-corrected chi connectivity index (χ0v) is 20.0. The van der Waals surface area contributed by atoms with E-state index in [-0.39, 0.29) is 0 Å². The topological polar surface area (TPSA) is 94.1 Å². The lowest BCUT2D eigenvalue weighted by atomic mass is 10.1. The summed E-state index contributed by atoms with van der Waals surface area (Å²) >= 11 is 3.30. The van der Waals surface area contributed by atoms with Crippen LogP contribution in [0.3, 0.4) is 0 Å². The van der Waals surface area contributed by atoms with Crippen LogP contribution in [0, 0.1) is 0 Å². The average Bonchev–Trinajstić information content (AvgIpc) is 2.71. The molecule has 0 aliphatic rings. The molecular formula is C22H19BrN2O4S2. The molecule has 0 atom stereocenters. The van der Waals surface area contributed by atoms with Crippen LogP contribution < -0.4 is 0 Å². The Hall–Kier alpha value is -2.62. The number of halogens is 1. The maximum Gasteiger partial charge on any atom is 0.175 e. The first kappa shape index (κ1) is 23.1. The second-order valence-electron chi connectivity index (χ2n) is 6.88. The van der Waals surface area contributed by atoms with Crippen LogP contribution in [0.25, 0.3) is 27.9 Å². The standard InChI is InChI=1S/C12H11NO2S.C10H8BrNO2S/c1-3-9-6-10-7-11(16(2,14)15)4-5-12(10)13-8-9;1-15(13,14)9-2-3-10-7(5-9)4-8(11)6-12-10/h3-8H,1H2,2H3;2-6H,1H3. The number of aromatic nitrogens is 2. The third-order valence-corrected chi connectivity index (χ3v) is 7.04. The molecule has 0 saturated heterocycles. The van der Waals surface area contributed by atoms with E-state index < -0.39 is 19.7 Å². The van der Waals surface area contributed by atoms with E-state index in [1.165, 1.54) is 12.5 Å². The number of rotatable bonds is 3. The summed E-state index contributed by atoms with van der Waals surface area (Å²) in [4.78, 5) is 8.99. The van der Waals surface area contributed by atoms with Crippen molar-refractivity contribution in [2.45, 2.75) is 9.79 Å². The van der Waals surface area contributed by atoms with Crippen molar-refractivity contribution in [3.05, 3.63) is 77.5 Å². The Morgan fingerprint density at radius 1 is 0.774 bits per heavy atom. The van der Waals surface area contributed by atoms with Crippen molar-refractivity contribution < 1.29 is 16.8 Å².